The number of hydrogen-bond acceptors (Lipinski definition) is 6. The lowest BCUT2D eigenvalue weighted by molar-refractivity contribution is 0.167. The Labute approximate surface area is 105 Å². The third-order valence-corrected chi connectivity index (χ3v) is 1.90. The normalized spacial score (nSPS) is 10.3. The van der Waals surface area contributed by atoms with E-state index in [1.807, 2.05) is 6.92 Å². The molecule has 0 saturated carbocycles. The third kappa shape index (κ3) is 5.65. The zero-order valence-corrected chi connectivity index (χ0v) is 10.7. The highest BCUT2D eigenvalue weighted by Crippen LogP contribution is 2.13. The lowest BCUT2D eigenvalue weighted by Gasteiger charge is -2.06. The molecule has 0 aliphatic rings. The molecule has 1 rings (SSSR count). The molecule has 96 valence electrons. The summed E-state index contributed by atoms with van der Waals surface area (Å²) in [6, 6.07) is 0.362. The fourth-order valence-electron chi connectivity index (χ4n) is 1.00. The van der Waals surface area contributed by atoms with Gasteiger partial charge in [0.05, 0.1) is 13.2 Å². The third-order valence-electron chi connectivity index (χ3n) is 1.73. The fourth-order valence-corrected chi connectivity index (χ4v) is 1.15. The number of nitrogens with zero attached hydrogens (tertiary/aromatic N) is 3. The predicted molar refractivity (Wildman–Crippen MR) is 62.6 cm³/mol. The van der Waals surface area contributed by atoms with E-state index in [-0.39, 0.29) is 17.3 Å². The molecule has 6 nitrogen and oxygen atoms in total. The van der Waals surface area contributed by atoms with Crippen molar-refractivity contribution in [1.29, 1.82) is 0 Å². The summed E-state index contributed by atoms with van der Waals surface area (Å²) in [6.07, 6.45) is 1.62. The zero-order chi connectivity index (χ0) is 12.5. The van der Waals surface area contributed by atoms with Crippen molar-refractivity contribution >= 4 is 11.6 Å². The molecule has 1 aromatic rings. The number of aromatic nitrogens is 3. The molecule has 0 unspecified atom stereocenters. The van der Waals surface area contributed by atoms with Crippen molar-refractivity contribution in [2.24, 2.45) is 0 Å². The van der Waals surface area contributed by atoms with Crippen LogP contribution >= 0.6 is 11.6 Å². The molecular weight excluding hydrogens is 246 g/mol. The van der Waals surface area contributed by atoms with E-state index in [1.165, 1.54) is 0 Å². The van der Waals surface area contributed by atoms with Crippen LogP contribution in [-0.4, -0.2) is 41.9 Å². The molecule has 0 bridgehead atoms. The molecule has 0 atom stereocenters. The molecule has 1 heterocycles. The van der Waals surface area contributed by atoms with Gasteiger partial charge in [-0.15, -0.1) is 4.98 Å². The average molecular weight is 262 g/mol. The van der Waals surface area contributed by atoms with Crippen LogP contribution in [0, 0.1) is 0 Å². The van der Waals surface area contributed by atoms with Crippen LogP contribution in [0.25, 0.3) is 0 Å². The van der Waals surface area contributed by atoms with Gasteiger partial charge in [-0.3, -0.25) is 0 Å². The molecule has 0 radical (unpaired) electrons. The van der Waals surface area contributed by atoms with E-state index in [4.69, 9.17) is 25.8 Å². The molecule has 0 N–H and O–H groups in total. The maximum atomic E-state index is 5.72. The summed E-state index contributed by atoms with van der Waals surface area (Å²) in [5.41, 5.74) is 0. The summed E-state index contributed by atoms with van der Waals surface area (Å²) in [5, 5.41) is 0.0628. The first-order chi connectivity index (χ1) is 8.26. The van der Waals surface area contributed by atoms with Crippen LogP contribution in [0.15, 0.2) is 0 Å². The molecule has 0 aliphatic carbocycles. The van der Waals surface area contributed by atoms with Crippen LogP contribution in [-0.2, 0) is 4.74 Å². The van der Waals surface area contributed by atoms with E-state index in [0.29, 0.717) is 19.8 Å². The van der Waals surface area contributed by atoms with E-state index < -0.39 is 0 Å². The first kappa shape index (κ1) is 13.9. The van der Waals surface area contributed by atoms with E-state index in [1.54, 1.807) is 7.11 Å². The standard InChI is InChI=1S/C10H16ClN3O3/c1-3-5-16-9-12-8(11)13-10(14-9)17-7-4-6-15-2/h3-7H2,1-2H3. The molecule has 0 fully saturated rings. The van der Waals surface area contributed by atoms with Gasteiger partial charge in [0, 0.05) is 20.1 Å². The highest BCUT2D eigenvalue weighted by Gasteiger charge is 2.06. The second-order valence-electron chi connectivity index (χ2n) is 3.21. The summed E-state index contributed by atoms with van der Waals surface area (Å²) < 4.78 is 15.5. The Morgan fingerprint density at radius 1 is 1.00 bits per heavy atom. The van der Waals surface area contributed by atoms with Crippen LogP contribution in [0.2, 0.25) is 5.28 Å². The number of methoxy groups -OCH3 is 1. The van der Waals surface area contributed by atoms with E-state index in [2.05, 4.69) is 15.0 Å². The van der Waals surface area contributed by atoms with Gasteiger partial charge < -0.3 is 14.2 Å². The van der Waals surface area contributed by atoms with Gasteiger partial charge in [0.25, 0.3) is 0 Å². The molecule has 0 aliphatic heterocycles. The molecule has 0 saturated heterocycles. The number of ether oxygens (including phenoxy) is 3. The summed E-state index contributed by atoms with van der Waals surface area (Å²) in [7, 11) is 1.64. The van der Waals surface area contributed by atoms with E-state index in [0.717, 1.165) is 12.8 Å². The van der Waals surface area contributed by atoms with Gasteiger partial charge in [-0.25, -0.2) is 0 Å². The first-order valence-corrected chi connectivity index (χ1v) is 5.80. The Morgan fingerprint density at radius 3 is 2.24 bits per heavy atom. The quantitative estimate of drug-likeness (QED) is 0.664. The smallest absolute Gasteiger partial charge is 0.323 e. The van der Waals surface area contributed by atoms with Gasteiger partial charge >= 0.3 is 12.0 Å². The topological polar surface area (TPSA) is 66.4 Å². The van der Waals surface area contributed by atoms with Crippen LogP contribution in [0.4, 0.5) is 0 Å². The second kappa shape index (κ2) is 8.03. The summed E-state index contributed by atoms with van der Waals surface area (Å²) in [5.74, 6) is 0. The SMILES string of the molecule is CCCOc1nc(Cl)nc(OCCCOC)n1. The Bertz CT molecular complexity index is 339. The van der Waals surface area contributed by atoms with Crippen molar-refractivity contribution in [3.8, 4) is 12.0 Å². The Kier molecular flexibility index (Phi) is 6.57. The van der Waals surface area contributed by atoms with Gasteiger partial charge in [0.15, 0.2) is 0 Å². The van der Waals surface area contributed by atoms with Crippen LogP contribution in [0.3, 0.4) is 0 Å². The molecule has 1 aromatic heterocycles. The van der Waals surface area contributed by atoms with Crippen molar-refractivity contribution in [3.63, 3.8) is 0 Å². The summed E-state index contributed by atoms with van der Waals surface area (Å²) in [6.45, 7) is 3.60. The molecule has 0 spiro atoms. The van der Waals surface area contributed by atoms with Gasteiger partial charge in [0.1, 0.15) is 0 Å². The maximum Gasteiger partial charge on any atom is 0.323 e. The zero-order valence-electron chi connectivity index (χ0n) is 9.98. The van der Waals surface area contributed by atoms with Crippen molar-refractivity contribution in [2.75, 3.05) is 26.9 Å². The molecule has 7 heteroatoms. The minimum atomic E-state index is 0.0628. The van der Waals surface area contributed by atoms with Crippen LogP contribution in [0.1, 0.15) is 19.8 Å². The lowest BCUT2D eigenvalue weighted by Crippen LogP contribution is -2.07. The van der Waals surface area contributed by atoms with Crippen molar-refractivity contribution in [2.45, 2.75) is 19.8 Å². The molecule has 0 aromatic carbocycles. The van der Waals surface area contributed by atoms with Crippen molar-refractivity contribution in [1.82, 2.24) is 15.0 Å². The average Bonchev–Trinajstić information content (AvgIpc) is 2.31. The lowest BCUT2D eigenvalue weighted by atomic mass is 10.5. The first-order valence-electron chi connectivity index (χ1n) is 5.42. The minimum absolute atomic E-state index is 0.0628. The molecule has 17 heavy (non-hydrogen) atoms. The van der Waals surface area contributed by atoms with Crippen LogP contribution in [0.5, 0.6) is 12.0 Å². The molecule has 0 amide bonds. The minimum Gasteiger partial charge on any atom is -0.463 e. The van der Waals surface area contributed by atoms with Gasteiger partial charge in [0.2, 0.25) is 5.28 Å². The number of hydrogen-bond donors (Lipinski definition) is 0. The largest absolute Gasteiger partial charge is 0.463 e. The Morgan fingerprint density at radius 2 is 1.65 bits per heavy atom. The van der Waals surface area contributed by atoms with Crippen LogP contribution < -0.4 is 9.47 Å². The summed E-state index contributed by atoms with van der Waals surface area (Å²) in [4.78, 5) is 11.6. The van der Waals surface area contributed by atoms with Crippen molar-refractivity contribution in [3.05, 3.63) is 5.28 Å². The van der Waals surface area contributed by atoms with E-state index >= 15 is 0 Å². The predicted octanol–water partition coefficient (Wildman–Crippen LogP) is 1.73. The second-order valence-corrected chi connectivity index (χ2v) is 3.55. The maximum absolute atomic E-state index is 5.72. The Hall–Kier alpha value is -1.14. The summed E-state index contributed by atoms with van der Waals surface area (Å²) >= 11 is 5.72. The number of rotatable bonds is 8. The highest BCUT2D eigenvalue weighted by molar-refractivity contribution is 6.28. The monoisotopic (exact) mass is 261 g/mol. The van der Waals surface area contributed by atoms with E-state index in [9.17, 15) is 0 Å². The molecular formula is C10H16ClN3O3. The van der Waals surface area contributed by atoms with Gasteiger partial charge in [-0.1, -0.05) is 6.92 Å². The highest BCUT2D eigenvalue weighted by atomic mass is 35.5. The van der Waals surface area contributed by atoms with Crippen molar-refractivity contribution < 1.29 is 14.2 Å². The van der Waals surface area contributed by atoms with Gasteiger partial charge in [-0.2, -0.15) is 9.97 Å². The number of halogens is 1. The Balaban J connectivity index is 2.50. The fraction of sp³-hybridized carbons (Fsp3) is 0.700. The van der Waals surface area contributed by atoms with Gasteiger partial charge in [-0.05, 0) is 18.0 Å².